The molecule has 0 saturated carbocycles. The number of carbonyl (C=O) groups excluding carboxylic acids is 1. The number of aryl methyl sites for hydroxylation is 1. The van der Waals surface area contributed by atoms with Crippen LogP contribution in [-0.2, 0) is 16.4 Å². The van der Waals surface area contributed by atoms with Gasteiger partial charge in [0, 0.05) is 16.1 Å². The highest BCUT2D eigenvalue weighted by atomic mass is 35.5. The first-order valence-electron chi connectivity index (χ1n) is 10.8. The van der Waals surface area contributed by atoms with Gasteiger partial charge in [-0.15, -0.1) is 0 Å². The predicted molar refractivity (Wildman–Crippen MR) is 132 cm³/mol. The molecule has 0 heterocycles. The average molecular weight is 486 g/mol. The van der Waals surface area contributed by atoms with Crippen molar-refractivity contribution in [1.29, 1.82) is 0 Å². The lowest BCUT2D eigenvalue weighted by Gasteiger charge is -2.16. The Morgan fingerprint density at radius 1 is 1.03 bits per heavy atom. The number of hydrogen-bond acceptors (Lipinski definition) is 4. The van der Waals surface area contributed by atoms with Gasteiger partial charge in [0.1, 0.15) is 5.75 Å². The molecule has 0 atom stereocenters. The third-order valence-electron chi connectivity index (χ3n) is 5.07. The van der Waals surface area contributed by atoms with Crippen molar-refractivity contribution in [3.05, 3.63) is 82.4 Å². The fourth-order valence-corrected chi connectivity index (χ4v) is 4.68. The molecule has 0 saturated heterocycles. The molecule has 0 aliphatic carbocycles. The van der Waals surface area contributed by atoms with E-state index in [9.17, 15) is 13.2 Å². The van der Waals surface area contributed by atoms with Gasteiger partial charge < -0.3 is 4.74 Å². The molecule has 0 radical (unpaired) electrons. The Balaban J connectivity index is 2.00. The molecule has 7 heteroatoms. The molecule has 0 bridgehead atoms. The van der Waals surface area contributed by atoms with Gasteiger partial charge in [-0.2, -0.15) is 0 Å². The SMILES string of the molecule is CCOc1ccc(C)cc1-c1ccc(C(=O)NS(=O)(=O)c2ccc(Cl)cc2)c(CC(C)C)c1. The largest absolute Gasteiger partial charge is 0.493 e. The highest BCUT2D eigenvalue weighted by molar-refractivity contribution is 7.90. The van der Waals surface area contributed by atoms with Gasteiger partial charge >= 0.3 is 0 Å². The minimum absolute atomic E-state index is 0.0246. The van der Waals surface area contributed by atoms with E-state index in [4.69, 9.17) is 16.3 Å². The summed E-state index contributed by atoms with van der Waals surface area (Å²) in [6, 6.07) is 17.1. The number of rotatable bonds is 8. The topological polar surface area (TPSA) is 72.5 Å². The van der Waals surface area contributed by atoms with E-state index in [1.807, 2.05) is 44.2 Å². The van der Waals surface area contributed by atoms with Gasteiger partial charge in [-0.3, -0.25) is 4.79 Å². The van der Waals surface area contributed by atoms with Crippen LogP contribution in [0.4, 0.5) is 0 Å². The summed E-state index contributed by atoms with van der Waals surface area (Å²) in [5.74, 6) is 0.367. The second-order valence-corrected chi connectivity index (χ2v) is 10.4. The lowest BCUT2D eigenvalue weighted by atomic mass is 9.92. The number of benzene rings is 3. The van der Waals surface area contributed by atoms with Gasteiger partial charge in [-0.1, -0.05) is 49.2 Å². The van der Waals surface area contributed by atoms with Crippen molar-refractivity contribution < 1.29 is 17.9 Å². The first-order valence-corrected chi connectivity index (χ1v) is 12.7. The molecular weight excluding hydrogens is 458 g/mol. The van der Waals surface area contributed by atoms with E-state index in [1.54, 1.807) is 6.07 Å². The Labute approximate surface area is 200 Å². The standard InChI is InChI=1S/C26H28ClNO4S/c1-5-32-25-13-6-18(4)15-24(25)19-7-12-23(20(16-19)14-17(2)3)26(29)28-33(30,31)22-10-8-21(27)9-11-22/h6-13,15-17H,5,14H2,1-4H3,(H,28,29). The van der Waals surface area contributed by atoms with Crippen LogP contribution in [0.5, 0.6) is 5.75 Å². The Kier molecular flexibility index (Phi) is 7.82. The van der Waals surface area contributed by atoms with E-state index in [0.717, 1.165) is 28.0 Å². The number of hydrogen-bond donors (Lipinski definition) is 1. The Morgan fingerprint density at radius 2 is 1.73 bits per heavy atom. The van der Waals surface area contributed by atoms with Gasteiger partial charge in [0.15, 0.2) is 0 Å². The quantitative estimate of drug-likeness (QED) is 0.422. The normalized spacial score (nSPS) is 11.5. The first-order chi connectivity index (χ1) is 15.6. The zero-order chi connectivity index (χ0) is 24.2. The van der Waals surface area contributed by atoms with Crippen LogP contribution in [0.1, 0.15) is 42.3 Å². The molecule has 0 aliphatic rings. The van der Waals surface area contributed by atoms with Crippen molar-refractivity contribution in [3.8, 4) is 16.9 Å². The number of sulfonamides is 1. The summed E-state index contributed by atoms with van der Waals surface area (Å²) >= 11 is 5.85. The first kappa shape index (κ1) is 24.8. The summed E-state index contributed by atoms with van der Waals surface area (Å²) in [6.45, 7) is 8.59. The molecule has 33 heavy (non-hydrogen) atoms. The van der Waals surface area contributed by atoms with Crippen molar-refractivity contribution in [3.63, 3.8) is 0 Å². The fourth-order valence-electron chi connectivity index (χ4n) is 3.59. The summed E-state index contributed by atoms with van der Waals surface area (Å²) in [6.07, 6.45) is 0.618. The van der Waals surface area contributed by atoms with Crippen molar-refractivity contribution >= 4 is 27.5 Å². The van der Waals surface area contributed by atoms with E-state index in [1.165, 1.54) is 24.3 Å². The molecule has 3 aromatic rings. The molecule has 0 spiro atoms. The van der Waals surface area contributed by atoms with Gasteiger partial charge in [-0.05, 0) is 79.8 Å². The molecular formula is C26H28ClNO4S. The minimum Gasteiger partial charge on any atom is -0.493 e. The highest BCUT2D eigenvalue weighted by Crippen LogP contribution is 2.33. The second-order valence-electron chi connectivity index (χ2n) is 8.29. The smallest absolute Gasteiger partial charge is 0.265 e. The fraction of sp³-hybridized carbons (Fsp3) is 0.269. The van der Waals surface area contributed by atoms with Crippen molar-refractivity contribution in [1.82, 2.24) is 4.72 Å². The number of nitrogens with one attached hydrogen (secondary N) is 1. The lowest BCUT2D eigenvalue weighted by molar-refractivity contribution is 0.0980. The summed E-state index contributed by atoms with van der Waals surface area (Å²) in [7, 11) is -4.03. The number of ether oxygens (including phenoxy) is 1. The monoisotopic (exact) mass is 485 g/mol. The van der Waals surface area contributed by atoms with Crippen LogP contribution >= 0.6 is 11.6 Å². The van der Waals surface area contributed by atoms with Crippen LogP contribution in [0.15, 0.2) is 65.6 Å². The maximum absolute atomic E-state index is 13.0. The zero-order valence-corrected chi connectivity index (χ0v) is 20.8. The number of halogens is 1. The average Bonchev–Trinajstić information content (AvgIpc) is 2.74. The second kappa shape index (κ2) is 10.4. The Hall–Kier alpha value is -2.83. The van der Waals surface area contributed by atoms with Gasteiger partial charge in [0.25, 0.3) is 15.9 Å². The lowest BCUT2D eigenvalue weighted by Crippen LogP contribution is -2.31. The molecule has 174 valence electrons. The molecule has 5 nitrogen and oxygen atoms in total. The van der Waals surface area contributed by atoms with E-state index < -0.39 is 15.9 Å². The molecule has 3 aromatic carbocycles. The minimum atomic E-state index is -4.03. The van der Waals surface area contributed by atoms with Crippen LogP contribution in [0.3, 0.4) is 0 Å². The summed E-state index contributed by atoms with van der Waals surface area (Å²) in [5.41, 5.74) is 4.04. The summed E-state index contributed by atoms with van der Waals surface area (Å²) in [5, 5.41) is 0.414. The molecule has 0 fully saturated rings. The maximum atomic E-state index is 13.0. The third-order valence-corrected chi connectivity index (χ3v) is 6.67. The van der Waals surface area contributed by atoms with Crippen LogP contribution in [0.2, 0.25) is 5.02 Å². The van der Waals surface area contributed by atoms with E-state index >= 15 is 0 Å². The summed E-state index contributed by atoms with van der Waals surface area (Å²) in [4.78, 5) is 13.0. The van der Waals surface area contributed by atoms with Crippen molar-refractivity contribution in [2.24, 2.45) is 5.92 Å². The number of carbonyl (C=O) groups is 1. The Bertz CT molecular complexity index is 1250. The van der Waals surface area contributed by atoms with Gasteiger partial charge in [-0.25, -0.2) is 13.1 Å². The maximum Gasteiger partial charge on any atom is 0.265 e. The van der Waals surface area contributed by atoms with E-state index in [0.29, 0.717) is 23.6 Å². The van der Waals surface area contributed by atoms with Crippen LogP contribution < -0.4 is 9.46 Å². The molecule has 0 aromatic heterocycles. The molecule has 0 unspecified atom stereocenters. The highest BCUT2D eigenvalue weighted by Gasteiger charge is 2.22. The van der Waals surface area contributed by atoms with E-state index in [-0.39, 0.29) is 10.8 Å². The molecule has 3 rings (SSSR count). The Morgan fingerprint density at radius 3 is 2.36 bits per heavy atom. The van der Waals surface area contributed by atoms with Crippen LogP contribution in [0, 0.1) is 12.8 Å². The predicted octanol–water partition coefficient (Wildman–Crippen LogP) is 6.03. The molecule has 1 N–H and O–H groups in total. The number of amides is 1. The van der Waals surface area contributed by atoms with Crippen molar-refractivity contribution in [2.45, 2.75) is 39.0 Å². The zero-order valence-electron chi connectivity index (χ0n) is 19.2. The van der Waals surface area contributed by atoms with E-state index in [2.05, 4.69) is 18.6 Å². The summed E-state index contributed by atoms with van der Waals surface area (Å²) < 4.78 is 33.4. The van der Waals surface area contributed by atoms with Crippen LogP contribution in [0.25, 0.3) is 11.1 Å². The third kappa shape index (κ3) is 6.15. The van der Waals surface area contributed by atoms with Crippen LogP contribution in [-0.4, -0.2) is 20.9 Å². The van der Waals surface area contributed by atoms with Gasteiger partial charge in [0.2, 0.25) is 0 Å². The molecule has 0 aliphatic heterocycles. The van der Waals surface area contributed by atoms with Gasteiger partial charge in [0.05, 0.1) is 11.5 Å². The van der Waals surface area contributed by atoms with Crippen molar-refractivity contribution in [2.75, 3.05) is 6.61 Å². The molecule has 1 amide bonds.